The van der Waals surface area contributed by atoms with E-state index in [0.717, 1.165) is 6.07 Å². The average molecular weight is 307 g/mol. The van der Waals surface area contributed by atoms with Gasteiger partial charge in [0.15, 0.2) is 0 Å². The number of alkyl halides is 3. The molecule has 2 rings (SSSR count). The quantitative estimate of drug-likeness (QED) is 0.937. The minimum atomic E-state index is -4.49. The van der Waals surface area contributed by atoms with Crippen molar-refractivity contribution in [2.45, 2.75) is 12.7 Å². The van der Waals surface area contributed by atoms with Crippen LogP contribution in [0, 0.1) is 11.3 Å². The second-order valence-corrected chi connectivity index (χ2v) is 4.39. The number of anilines is 1. The van der Waals surface area contributed by atoms with E-state index in [9.17, 15) is 13.2 Å². The molecule has 0 fully saturated rings. The predicted octanol–water partition coefficient (Wildman–Crippen LogP) is 3.59. The van der Waals surface area contributed by atoms with Gasteiger partial charge in [0.2, 0.25) is 0 Å². The van der Waals surface area contributed by atoms with Crippen molar-refractivity contribution in [3.8, 4) is 11.8 Å². The van der Waals surface area contributed by atoms with Gasteiger partial charge in [0, 0.05) is 12.7 Å². The molecule has 1 N–H and O–H groups in total. The minimum Gasteiger partial charge on any atom is -0.497 e. The lowest BCUT2D eigenvalue weighted by molar-refractivity contribution is -0.138. The van der Waals surface area contributed by atoms with E-state index in [-0.39, 0.29) is 29.2 Å². The maximum atomic E-state index is 13.1. The first-order valence-corrected chi connectivity index (χ1v) is 6.29. The number of rotatable bonds is 4. The van der Waals surface area contributed by atoms with Gasteiger partial charge in [-0.15, -0.1) is 0 Å². The number of benzene rings is 1. The van der Waals surface area contributed by atoms with Crippen LogP contribution in [0.4, 0.5) is 19.0 Å². The molecule has 0 saturated carbocycles. The molecule has 0 aliphatic rings. The third-order valence-corrected chi connectivity index (χ3v) is 3.00. The number of aromatic nitrogens is 1. The second kappa shape index (κ2) is 6.35. The predicted molar refractivity (Wildman–Crippen MR) is 74.3 cm³/mol. The molecule has 0 amide bonds. The highest BCUT2D eigenvalue weighted by atomic mass is 19.4. The van der Waals surface area contributed by atoms with Crippen LogP contribution in [0.15, 0.2) is 36.5 Å². The normalized spacial score (nSPS) is 10.9. The number of nitriles is 1. The molecule has 0 unspecified atom stereocenters. The number of pyridine rings is 1. The van der Waals surface area contributed by atoms with Crippen molar-refractivity contribution in [1.82, 2.24) is 4.98 Å². The van der Waals surface area contributed by atoms with Crippen LogP contribution in [0.3, 0.4) is 0 Å². The van der Waals surface area contributed by atoms with Crippen LogP contribution >= 0.6 is 0 Å². The third kappa shape index (κ3) is 3.47. The van der Waals surface area contributed by atoms with Gasteiger partial charge in [-0.25, -0.2) is 4.98 Å². The molecule has 114 valence electrons. The molecule has 1 heterocycles. The maximum Gasteiger partial charge on any atom is 0.416 e. The lowest BCUT2D eigenvalue weighted by atomic mass is 10.1. The second-order valence-electron chi connectivity index (χ2n) is 4.39. The molecule has 2 aromatic rings. The van der Waals surface area contributed by atoms with Crippen LogP contribution in [0.5, 0.6) is 5.75 Å². The fourth-order valence-electron chi connectivity index (χ4n) is 1.92. The molecule has 22 heavy (non-hydrogen) atoms. The largest absolute Gasteiger partial charge is 0.497 e. The Balaban J connectivity index is 2.28. The van der Waals surface area contributed by atoms with Crippen molar-refractivity contribution >= 4 is 5.82 Å². The van der Waals surface area contributed by atoms with Crippen molar-refractivity contribution in [2.75, 3.05) is 12.4 Å². The van der Waals surface area contributed by atoms with E-state index in [0.29, 0.717) is 0 Å². The van der Waals surface area contributed by atoms with Crippen molar-refractivity contribution in [3.63, 3.8) is 0 Å². The highest BCUT2D eigenvalue weighted by molar-refractivity contribution is 5.52. The van der Waals surface area contributed by atoms with Gasteiger partial charge >= 0.3 is 6.18 Å². The van der Waals surface area contributed by atoms with Crippen molar-refractivity contribution in [1.29, 1.82) is 5.26 Å². The monoisotopic (exact) mass is 307 g/mol. The molecular weight excluding hydrogens is 295 g/mol. The van der Waals surface area contributed by atoms with Crippen molar-refractivity contribution in [3.05, 3.63) is 53.2 Å². The molecule has 0 bridgehead atoms. The maximum absolute atomic E-state index is 13.1. The Labute approximate surface area is 125 Å². The van der Waals surface area contributed by atoms with Gasteiger partial charge in [0.1, 0.15) is 17.6 Å². The highest BCUT2D eigenvalue weighted by Crippen LogP contribution is 2.34. The molecule has 0 aliphatic heterocycles. The van der Waals surface area contributed by atoms with Crippen molar-refractivity contribution < 1.29 is 17.9 Å². The first kappa shape index (κ1) is 15.6. The zero-order chi connectivity index (χ0) is 16.2. The third-order valence-electron chi connectivity index (χ3n) is 3.00. The summed E-state index contributed by atoms with van der Waals surface area (Å²) in [6.45, 7) is -0.107. The van der Waals surface area contributed by atoms with E-state index in [4.69, 9.17) is 10.00 Å². The first-order chi connectivity index (χ1) is 10.5. The summed E-state index contributed by atoms with van der Waals surface area (Å²) in [5.41, 5.74) is -0.471. The topological polar surface area (TPSA) is 57.9 Å². The Bertz CT molecular complexity index is 708. The summed E-state index contributed by atoms with van der Waals surface area (Å²) in [5, 5.41) is 11.7. The number of hydrogen-bond acceptors (Lipinski definition) is 4. The van der Waals surface area contributed by atoms with E-state index in [1.165, 1.54) is 31.5 Å². The number of halogens is 3. The van der Waals surface area contributed by atoms with Gasteiger partial charge in [-0.3, -0.25) is 0 Å². The first-order valence-electron chi connectivity index (χ1n) is 6.29. The molecule has 0 atom stereocenters. The number of ether oxygens (including phenoxy) is 1. The summed E-state index contributed by atoms with van der Waals surface area (Å²) in [6, 6.07) is 8.78. The van der Waals surface area contributed by atoms with Gasteiger partial charge in [-0.1, -0.05) is 6.07 Å². The summed E-state index contributed by atoms with van der Waals surface area (Å²) in [7, 11) is 1.31. The summed E-state index contributed by atoms with van der Waals surface area (Å²) in [6.07, 6.45) is -3.03. The van der Waals surface area contributed by atoms with E-state index in [2.05, 4.69) is 10.3 Å². The number of methoxy groups -OCH3 is 1. The fraction of sp³-hybridized carbons (Fsp3) is 0.200. The van der Waals surface area contributed by atoms with Crippen LogP contribution in [-0.2, 0) is 12.7 Å². The molecular formula is C15H12F3N3O. The minimum absolute atomic E-state index is 0.0443. The van der Waals surface area contributed by atoms with E-state index >= 15 is 0 Å². The Morgan fingerprint density at radius 3 is 2.73 bits per heavy atom. The molecule has 0 spiro atoms. The fourth-order valence-corrected chi connectivity index (χ4v) is 1.92. The molecule has 0 saturated heterocycles. The van der Waals surface area contributed by atoms with Crippen LogP contribution in [0.2, 0.25) is 0 Å². The Kier molecular flexibility index (Phi) is 4.51. The Hall–Kier alpha value is -2.75. The molecule has 1 aromatic heterocycles. The van der Waals surface area contributed by atoms with Gasteiger partial charge < -0.3 is 10.1 Å². The smallest absolute Gasteiger partial charge is 0.416 e. The lowest BCUT2D eigenvalue weighted by Gasteiger charge is -2.15. The molecule has 4 nitrogen and oxygen atoms in total. The van der Waals surface area contributed by atoms with Crippen LogP contribution in [0.1, 0.15) is 16.7 Å². The van der Waals surface area contributed by atoms with Gasteiger partial charge in [0.05, 0.1) is 18.2 Å². The molecule has 0 radical (unpaired) electrons. The zero-order valence-corrected chi connectivity index (χ0v) is 11.6. The van der Waals surface area contributed by atoms with Crippen LogP contribution in [-0.4, -0.2) is 12.1 Å². The molecule has 0 aliphatic carbocycles. The number of nitrogens with zero attached hydrogens (tertiary/aromatic N) is 2. The Morgan fingerprint density at radius 1 is 1.32 bits per heavy atom. The Morgan fingerprint density at radius 2 is 2.09 bits per heavy atom. The van der Waals surface area contributed by atoms with Gasteiger partial charge in [-0.05, 0) is 29.8 Å². The summed E-state index contributed by atoms with van der Waals surface area (Å²) >= 11 is 0. The van der Waals surface area contributed by atoms with E-state index in [1.54, 1.807) is 6.07 Å². The molecule has 1 aromatic carbocycles. The van der Waals surface area contributed by atoms with E-state index < -0.39 is 11.7 Å². The van der Waals surface area contributed by atoms with Crippen LogP contribution < -0.4 is 10.1 Å². The van der Waals surface area contributed by atoms with Crippen molar-refractivity contribution in [2.24, 2.45) is 0 Å². The van der Waals surface area contributed by atoms with Crippen LogP contribution in [0.25, 0.3) is 0 Å². The van der Waals surface area contributed by atoms with Gasteiger partial charge in [0.25, 0.3) is 0 Å². The number of nitrogens with one attached hydrogen (secondary N) is 1. The zero-order valence-electron chi connectivity index (χ0n) is 11.6. The molecule has 7 heteroatoms. The van der Waals surface area contributed by atoms with Gasteiger partial charge in [-0.2, -0.15) is 18.4 Å². The summed E-state index contributed by atoms with van der Waals surface area (Å²) in [4.78, 5) is 3.95. The van der Waals surface area contributed by atoms with E-state index in [1.807, 2.05) is 6.07 Å². The SMILES string of the molecule is COc1ccc(CNc2ncccc2C#N)c(C(F)(F)F)c1. The summed E-state index contributed by atoms with van der Waals surface area (Å²) < 4.78 is 44.1. The highest BCUT2D eigenvalue weighted by Gasteiger charge is 2.33. The summed E-state index contributed by atoms with van der Waals surface area (Å²) in [5.74, 6) is 0.376. The average Bonchev–Trinajstić information content (AvgIpc) is 2.52. The number of hydrogen-bond donors (Lipinski definition) is 1. The standard InChI is InChI=1S/C15H12F3N3O/c1-22-12-5-4-11(13(7-12)15(16,17)18)9-21-14-10(8-19)3-2-6-20-14/h2-7H,9H2,1H3,(H,20,21). The lowest BCUT2D eigenvalue weighted by Crippen LogP contribution is -2.13.